The molecule has 23 nitrogen and oxygen atoms in total. The third kappa shape index (κ3) is 20.8. The van der Waals surface area contributed by atoms with Crippen molar-refractivity contribution >= 4 is 65.0 Å². The number of hydrogen-bond donors (Lipinski definition) is 5. The largest absolute Gasteiger partial charge is 0.390 e. The summed E-state index contributed by atoms with van der Waals surface area (Å²) in [5.74, 6) is -9.54. The van der Waals surface area contributed by atoms with E-state index in [1.807, 2.05) is 48.5 Å². The number of aliphatic hydroxyl groups excluding tert-OH is 1. The molecule has 12 unspecified atom stereocenters. The number of hydrogen-bond acceptors (Lipinski definition) is 12. The van der Waals surface area contributed by atoms with E-state index in [-0.39, 0.29) is 49.9 Å². The van der Waals surface area contributed by atoms with Crippen molar-refractivity contribution in [3.8, 4) is 0 Å². The van der Waals surface area contributed by atoms with Crippen LogP contribution in [0.25, 0.3) is 0 Å². The Balaban J connectivity index is 4.29. The maximum absolute atomic E-state index is 15.1. The van der Waals surface area contributed by atoms with Crippen molar-refractivity contribution < 1.29 is 57.8 Å². The molecule has 0 spiro atoms. The highest BCUT2D eigenvalue weighted by atomic mass is 16.3. The molecule has 1 aliphatic heterocycles. The molecule has 0 radical (unpaired) electrons. The van der Waals surface area contributed by atoms with E-state index in [0.29, 0.717) is 12.8 Å². The normalized spacial score (nSPS) is 27.0. The number of aliphatic hydroxyl groups is 1. The second kappa shape index (κ2) is 34.7. The average molecular weight is 1190 g/mol. The Hall–Kier alpha value is -6.13. The minimum atomic E-state index is -1.61. The number of allylic oxidation sites excluding steroid dienone is 2. The molecule has 11 amide bonds. The molecule has 1 fully saturated rings. The van der Waals surface area contributed by atoms with Gasteiger partial charge in [-0.1, -0.05) is 109 Å². The van der Waals surface area contributed by atoms with Gasteiger partial charge in [-0.25, -0.2) is 0 Å². The van der Waals surface area contributed by atoms with Gasteiger partial charge >= 0.3 is 0 Å². The molecule has 1 rings (SSSR count). The van der Waals surface area contributed by atoms with E-state index in [4.69, 9.17) is 0 Å². The van der Waals surface area contributed by atoms with Gasteiger partial charge in [-0.05, 0) is 94.8 Å². The van der Waals surface area contributed by atoms with Crippen LogP contribution >= 0.6 is 0 Å². The van der Waals surface area contributed by atoms with E-state index in [2.05, 4.69) is 21.3 Å². The lowest BCUT2D eigenvalue weighted by atomic mass is 9.91. The minimum Gasteiger partial charge on any atom is -0.390 e. The Morgan fingerprint density at radius 3 is 1.42 bits per heavy atom. The number of carbonyl (C=O) groups excluding carboxylic acids is 11. The molecular weight excluding hydrogens is 1080 g/mol. The van der Waals surface area contributed by atoms with Crippen LogP contribution in [0.5, 0.6) is 0 Å². The van der Waals surface area contributed by atoms with Crippen molar-refractivity contribution in [3.63, 3.8) is 0 Å². The van der Waals surface area contributed by atoms with Crippen LogP contribution in [0.1, 0.15) is 156 Å². The van der Waals surface area contributed by atoms with Crippen molar-refractivity contribution in [1.29, 1.82) is 0 Å². The highest BCUT2D eigenvalue weighted by Gasteiger charge is 2.45. The fourth-order valence-electron chi connectivity index (χ4n) is 10.6. The van der Waals surface area contributed by atoms with Crippen molar-refractivity contribution in [2.45, 2.75) is 222 Å². The fourth-order valence-corrected chi connectivity index (χ4v) is 10.6. The van der Waals surface area contributed by atoms with Gasteiger partial charge in [0.15, 0.2) is 0 Å². The quantitative estimate of drug-likeness (QED) is 0.148. The van der Waals surface area contributed by atoms with Gasteiger partial charge in [-0.15, -0.1) is 0 Å². The van der Waals surface area contributed by atoms with Crippen molar-refractivity contribution in [3.05, 3.63) is 12.2 Å². The van der Waals surface area contributed by atoms with Crippen LogP contribution in [0.3, 0.4) is 0 Å². The Kier molecular flexibility index (Phi) is 31.4. The van der Waals surface area contributed by atoms with Crippen LogP contribution in [-0.4, -0.2) is 227 Å². The number of rotatable bonds is 15. The predicted octanol–water partition coefficient (Wildman–Crippen LogP) is 3.02. The van der Waals surface area contributed by atoms with E-state index in [1.54, 1.807) is 60.6 Å². The lowest BCUT2D eigenvalue weighted by Gasteiger charge is -2.41. The number of nitrogens with zero attached hydrogens (tertiary/aromatic N) is 7. The molecule has 0 aromatic rings. The van der Waals surface area contributed by atoms with Gasteiger partial charge in [0.25, 0.3) is 0 Å². The van der Waals surface area contributed by atoms with Crippen LogP contribution in [0, 0.1) is 35.5 Å². The molecule has 1 aliphatic rings. The highest BCUT2D eigenvalue weighted by Crippen LogP contribution is 2.25. The third-order valence-corrected chi connectivity index (χ3v) is 15.9. The van der Waals surface area contributed by atoms with Crippen LogP contribution in [-0.2, 0) is 52.7 Å². The topological polar surface area (TPSA) is 279 Å². The Labute approximate surface area is 502 Å². The molecule has 23 heteroatoms. The summed E-state index contributed by atoms with van der Waals surface area (Å²) in [5.41, 5.74) is 0. The summed E-state index contributed by atoms with van der Waals surface area (Å²) in [6.45, 7) is 27.4. The van der Waals surface area contributed by atoms with Crippen LogP contribution < -0.4 is 21.3 Å². The minimum absolute atomic E-state index is 0.0240. The molecule has 5 N–H and O–H groups in total. The Morgan fingerprint density at radius 2 is 0.940 bits per heavy atom. The molecule has 84 heavy (non-hydrogen) atoms. The average Bonchev–Trinajstić information content (AvgIpc) is 3.45. The van der Waals surface area contributed by atoms with Gasteiger partial charge in [-0.2, -0.15) is 0 Å². The molecule has 0 bridgehead atoms. The van der Waals surface area contributed by atoms with Gasteiger partial charge in [0.2, 0.25) is 65.0 Å². The zero-order chi connectivity index (χ0) is 65.1. The predicted molar refractivity (Wildman–Crippen MR) is 324 cm³/mol. The fraction of sp³-hybridized carbons (Fsp3) is 0.787. The van der Waals surface area contributed by atoms with Crippen molar-refractivity contribution in [2.24, 2.45) is 35.5 Å². The first-order chi connectivity index (χ1) is 38.9. The van der Waals surface area contributed by atoms with Gasteiger partial charge in [-0.3, -0.25) is 52.7 Å². The van der Waals surface area contributed by atoms with Crippen LogP contribution in [0.15, 0.2) is 12.2 Å². The molecule has 0 aromatic heterocycles. The van der Waals surface area contributed by atoms with E-state index in [0.717, 1.165) is 9.80 Å². The summed E-state index contributed by atoms with van der Waals surface area (Å²) in [4.78, 5) is 168. The maximum atomic E-state index is 15.1. The molecule has 0 saturated carbocycles. The summed E-state index contributed by atoms with van der Waals surface area (Å²) >= 11 is 0. The maximum Gasteiger partial charge on any atom is 0.246 e. The first-order valence-corrected chi connectivity index (χ1v) is 30.2. The summed E-state index contributed by atoms with van der Waals surface area (Å²) in [6, 6.07) is -12.3. The first kappa shape index (κ1) is 75.9. The van der Waals surface area contributed by atoms with E-state index >= 15 is 9.59 Å². The van der Waals surface area contributed by atoms with E-state index in [9.17, 15) is 48.3 Å². The van der Waals surface area contributed by atoms with Gasteiger partial charge in [0.1, 0.15) is 60.4 Å². The summed E-state index contributed by atoms with van der Waals surface area (Å²) in [5, 5.41) is 23.0. The third-order valence-electron chi connectivity index (χ3n) is 15.9. The second-order valence-corrected chi connectivity index (χ2v) is 25.3. The van der Waals surface area contributed by atoms with E-state index < -0.39 is 156 Å². The smallest absolute Gasteiger partial charge is 0.246 e. The second-order valence-electron chi connectivity index (χ2n) is 25.3. The monoisotopic (exact) mass is 1190 g/mol. The van der Waals surface area contributed by atoms with Gasteiger partial charge in [0, 0.05) is 49.3 Å². The molecular formula is C61H109N11O12. The van der Waals surface area contributed by atoms with Gasteiger partial charge in [0.05, 0.1) is 12.6 Å². The number of likely N-dealkylation sites (N-methyl/N-ethyl adjacent to an activating group) is 7. The molecule has 1 heterocycles. The first-order valence-electron chi connectivity index (χ1n) is 30.2. The number of nitrogens with one attached hydrogen (secondary N) is 4. The van der Waals surface area contributed by atoms with Crippen molar-refractivity contribution in [1.82, 2.24) is 55.6 Å². The zero-order valence-electron chi connectivity index (χ0n) is 55.2. The molecule has 480 valence electrons. The number of amides is 11. The van der Waals surface area contributed by atoms with Gasteiger partial charge < -0.3 is 60.7 Å². The van der Waals surface area contributed by atoms with Crippen molar-refractivity contribution in [2.75, 3.05) is 55.9 Å². The standard InChI is InChI=1S/C61H109N11O12/c1-24-27-29-39(14)51(74)50-55(78)64-42(26-3)57(80)66(17)33-47(73)67(18)44(30-34(4)5)54(77)65-48(37(10)11)60(83)69(20)45(31-35(6)7)53(76)62-40(15)52(75)63-41(16)56(79)68(19)43(28-25-2)58(81)70(21)46(32-36(8)9)59(82)71(22)49(38(12)13)61(84)72(50)23/h24,27,34-46,48-51,74H,25-26,28-33H2,1-23H3,(H,62,76)(H,63,75)(H,64,78)(H,65,77)/b27-24+. The lowest BCUT2D eigenvalue weighted by Crippen LogP contribution is -2.63. The summed E-state index contributed by atoms with van der Waals surface area (Å²) < 4.78 is 0. The summed E-state index contributed by atoms with van der Waals surface area (Å²) in [7, 11) is 9.90. The Bertz CT molecular complexity index is 2290. The SMILES string of the molecule is C/C=C/CC(C)C(O)C1C(=O)NC(CC)C(=O)N(C)CC(=O)N(C)C(CC(C)C)C(=O)NC(C(C)C)C(=O)N(C)C(CC(C)C)C(=O)NC(C)C(=O)NC(C)C(=O)N(C)C(CCC)C(=O)N(C)C(CC(C)C)C(=O)N(C)C(C(C)C)C(=O)N1C. The molecule has 0 aliphatic carbocycles. The number of carbonyl (C=O) groups is 11. The van der Waals surface area contributed by atoms with Crippen LogP contribution in [0.4, 0.5) is 0 Å². The molecule has 1 saturated heterocycles. The van der Waals surface area contributed by atoms with Crippen LogP contribution in [0.2, 0.25) is 0 Å². The Morgan fingerprint density at radius 1 is 0.488 bits per heavy atom. The molecule has 0 aromatic carbocycles. The zero-order valence-corrected chi connectivity index (χ0v) is 55.2. The summed E-state index contributed by atoms with van der Waals surface area (Å²) in [6.07, 6.45) is 3.51. The highest BCUT2D eigenvalue weighted by molar-refractivity contribution is 5.99. The molecule has 12 atom stereocenters. The lowest BCUT2D eigenvalue weighted by molar-refractivity contribution is -0.157. The van der Waals surface area contributed by atoms with E-state index in [1.165, 1.54) is 87.7 Å².